The number of benzene rings is 1. The summed E-state index contributed by atoms with van der Waals surface area (Å²) in [6.07, 6.45) is 2.70. The van der Waals surface area contributed by atoms with Gasteiger partial charge in [0.2, 0.25) is 0 Å². The van der Waals surface area contributed by atoms with E-state index in [9.17, 15) is 4.79 Å². The van der Waals surface area contributed by atoms with Gasteiger partial charge in [0, 0.05) is 30.0 Å². The Balaban J connectivity index is 1.55. The van der Waals surface area contributed by atoms with Crippen molar-refractivity contribution in [3.05, 3.63) is 29.3 Å². The maximum absolute atomic E-state index is 12.7. The molecular formula is C16H19NO3. The number of nitrogens with one attached hydrogen (secondary N) is 1. The summed E-state index contributed by atoms with van der Waals surface area (Å²) >= 11 is 0. The highest BCUT2D eigenvalue weighted by Gasteiger charge is 2.35. The van der Waals surface area contributed by atoms with E-state index in [0.29, 0.717) is 12.1 Å². The van der Waals surface area contributed by atoms with Crippen molar-refractivity contribution < 1.29 is 14.3 Å². The summed E-state index contributed by atoms with van der Waals surface area (Å²) in [4.78, 5) is 12.7. The van der Waals surface area contributed by atoms with E-state index in [2.05, 4.69) is 5.32 Å². The molecule has 4 rings (SSSR count). The Morgan fingerprint density at radius 1 is 1.20 bits per heavy atom. The molecule has 4 nitrogen and oxygen atoms in total. The van der Waals surface area contributed by atoms with Gasteiger partial charge >= 0.3 is 0 Å². The number of ether oxygens (including phenoxy) is 2. The number of rotatable bonds is 2. The second kappa shape index (κ2) is 4.86. The molecule has 3 aliphatic heterocycles. The van der Waals surface area contributed by atoms with Gasteiger partial charge in [-0.3, -0.25) is 4.79 Å². The molecule has 1 N–H and O–H groups in total. The fraction of sp³-hybridized carbons (Fsp3) is 0.562. The van der Waals surface area contributed by atoms with Gasteiger partial charge in [-0.15, -0.1) is 0 Å². The van der Waals surface area contributed by atoms with E-state index in [1.165, 1.54) is 5.56 Å². The minimum atomic E-state index is 0.135. The lowest BCUT2D eigenvalue weighted by Crippen LogP contribution is -2.55. The molecule has 0 spiro atoms. The van der Waals surface area contributed by atoms with Crippen molar-refractivity contribution in [3.8, 4) is 5.75 Å². The largest absolute Gasteiger partial charge is 0.493 e. The summed E-state index contributed by atoms with van der Waals surface area (Å²) in [7, 11) is 0. The van der Waals surface area contributed by atoms with Gasteiger partial charge in [-0.2, -0.15) is 0 Å². The topological polar surface area (TPSA) is 47.6 Å². The molecule has 20 heavy (non-hydrogen) atoms. The van der Waals surface area contributed by atoms with E-state index in [1.807, 2.05) is 18.2 Å². The summed E-state index contributed by atoms with van der Waals surface area (Å²) in [6.45, 7) is 2.21. The standard InChI is InChI=1S/C16H19NO3/c18-16(11-1-2-15-10(5-11)3-4-20-15)12-6-13-8-19-9-14(7-12)17-13/h1-2,5,12-14,17H,3-4,6-9H2. The number of hydrogen-bond donors (Lipinski definition) is 1. The van der Waals surface area contributed by atoms with Crippen LogP contribution >= 0.6 is 0 Å². The zero-order chi connectivity index (χ0) is 13.5. The van der Waals surface area contributed by atoms with E-state index < -0.39 is 0 Å². The molecule has 106 valence electrons. The lowest BCUT2D eigenvalue weighted by molar-refractivity contribution is 0.00953. The van der Waals surface area contributed by atoms with Gasteiger partial charge in [0.15, 0.2) is 5.78 Å². The monoisotopic (exact) mass is 273 g/mol. The molecule has 4 heteroatoms. The minimum Gasteiger partial charge on any atom is -0.493 e. The molecule has 2 bridgehead atoms. The number of piperidine rings is 1. The van der Waals surface area contributed by atoms with Gasteiger partial charge < -0.3 is 14.8 Å². The third-order valence-corrected chi connectivity index (χ3v) is 4.59. The van der Waals surface area contributed by atoms with Gasteiger partial charge in [0.05, 0.1) is 19.8 Å². The quantitative estimate of drug-likeness (QED) is 0.831. The van der Waals surface area contributed by atoms with Crippen molar-refractivity contribution in [2.24, 2.45) is 5.92 Å². The van der Waals surface area contributed by atoms with Crippen LogP contribution in [0.3, 0.4) is 0 Å². The summed E-state index contributed by atoms with van der Waals surface area (Å²) in [5, 5.41) is 3.53. The molecule has 3 heterocycles. The first-order valence-corrected chi connectivity index (χ1v) is 7.43. The molecule has 1 aromatic carbocycles. The first-order chi connectivity index (χ1) is 9.79. The Morgan fingerprint density at radius 2 is 2.00 bits per heavy atom. The van der Waals surface area contributed by atoms with Gasteiger partial charge in [-0.25, -0.2) is 0 Å². The van der Waals surface area contributed by atoms with E-state index in [1.54, 1.807) is 0 Å². The first-order valence-electron chi connectivity index (χ1n) is 7.43. The van der Waals surface area contributed by atoms with Crippen molar-refractivity contribution in [1.29, 1.82) is 0 Å². The average molecular weight is 273 g/mol. The minimum absolute atomic E-state index is 0.135. The van der Waals surface area contributed by atoms with Crippen molar-refractivity contribution in [3.63, 3.8) is 0 Å². The summed E-state index contributed by atoms with van der Waals surface area (Å²) in [5.41, 5.74) is 2.02. The normalized spacial score (nSPS) is 31.5. The zero-order valence-corrected chi connectivity index (χ0v) is 11.4. The molecule has 0 radical (unpaired) electrons. The van der Waals surface area contributed by atoms with Gasteiger partial charge in [0.1, 0.15) is 5.75 Å². The molecule has 0 amide bonds. The molecule has 2 unspecified atom stereocenters. The van der Waals surface area contributed by atoms with Gasteiger partial charge in [0.25, 0.3) is 0 Å². The van der Waals surface area contributed by atoms with Crippen molar-refractivity contribution in [2.75, 3.05) is 19.8 Å². The van der Waals surface area contributed by atoms with Crippen molar-refractivity contribution in [2.45, 2.75) is 31.3 Å². The third kappa shape index (κ3) is 2.13. The van der Waals surface area contributed by atoms with E-state index in [-0.39, 0.29) is 11.7 Å². The molecule has 0 aromatic heterocycles. The molecule has 2 atom stereocenters. The van der Waals surface area contributed by atoms with Gasteiger partial charge in [-0.05, 0) is 36.6 Å². The Kier molecular flexibility index (Phi) is 3.00. The van der Waals surface area contributed by atoms with Crippen LogP contribution in [0.4, 0.5) is 0 Å². The molecule has 2 saturated heterocycles. The highest BCUT2D eigenvalue weighted by molar-refractivity contribution is 5.98. The van der Waals surface area contributed by atoms with Crippen LogP contribution in [0.5, 0.6) is 5.75 Å². The Labute approximate surface area is 118 Å². The second-order valence-electron chi connectivity index (χ2n) is 6.05. The summed E-state index contributed by atoms with van der Waals surface area (Å²) in [6, 6.07) is 6.57. The number of ketones is 1. The number of hydrogen-bond acceptors (Lipinski definition) is 4. The van der Waals surface area contributed by atoms with Crippen LogP contribution in [-0.2, 0) is 11.2 Å². The molecule has 0 aliphatic carbocycles. The van der Waals surface area contributed by atoms with E-state index in [0.717, 1.165) is 50.4 Å². The number of morpholine rings is 1. The lowest BCUT2D eigenvalue weighted by Gasteiger charge is -2.39. The van der Waals surface area contributed by atoms with Crippen LogP contribution in [0, 0.1) is 5.92 Å². The Hall–Kier alpha value is -1.39. The average Bonchev–Trinajstić information content (AvgIpc) is 2.93. The highest BCUT2D eigenvalue weighted by atomic mass is 16.5. The second-order valence-corrected chi connectivity index (χ2v) is 6.05. The van der Waals surface area contributed by atoms with Gasteiger partial charge in [-0.1, -0.05) is 0 Å². The fourth-order valence-electron chi connectivity index (χ4n) is 3.63. The number of Topliss-reactive ketones (excluding diaryl/α,β-unsaturated/α-hetero) is 1. The van der Waals surface area contributed by atoms with Crippen molar-refractivity contribution in [1.82, 2.24) is 5.32 Å². The predicted molar refractivity (Wildman–Crippen MR) is 74.2 cm³/mol. The van der Waals surface area contributed by atoms with E-state index in [4.69, 9.17) is 9.47 Å². The van der Waals surface area contributed by atoms with Crippen LogP contribution in [0.25, 0.3) is 0 Å². The lowest BCUT2D eigenvalue weighted by atomic mass is 9.82. The molecule has 0 saturated carbocycles. The highest BCUT2D eigenvalue weighted by Crippen LogP contribution is 2.30. The predicted octanol–water partition coefficient (Wildman–Crippen LogP) is 1.57. The summed E-state index contributed by atoms with van der Waals surface area (Å²) in [5.74, 6) is 1.37. The first kappa shape index (κ1) is 12.4. The molecular weight excluding hydrogens is 254 g/mol. The molecule has 1 aromatic rings. The zero-order valence-electron chi connectivity index (χ0n) is 11.4. The van der Waals surface area contributed by atoms with Crippen LogP contribution in [-0.4, -0.2) is 37.7 Å². The van der Waals surface area contributed by atoms with Crippen LogP contribution in [0.2, 0.25) is 0 Å². The molecule has 3 aliphatic rings. The Bertz CT molecular complexity index is 531. The maximum Gasteiger partial charge on any atom is 0.166 e. The summed E-state index contributed by atoms with van der Waals surface area (Å²) < 4.78 is 11.0. The fourth-order valence-corrected chi connectivity index (χ4v) is 3.63. The number of carbonyl (C=O) groups excluding carboxylic acids is 1. The van der Waals surface area contributed by atoms with E-state index >= 15 is 0 Å². The van der Waals surface area contributed by atoms with Crippen LogP contribution < -0.4 is 10.1 Å². The van der Waals surface area contributed by atoms with Crippen LogP contribution in [0.15, 0.2) is 18.2 Å². The third-order valence-electron chi connectivity index (χ3n) is 4.59. The van der Waals surface area contributed by atoms with Crippen molar-refractivity contribution >= 4 is 5.78 Å². The number of fused-ring (bicyclic) bond motifs is 3. The smallest absolute Gasteiger partial charge is 0.166 e. The van der Waals surface area contributed by atoms with Crippen LogP contribution in [0.1, 0.15) is 28.8 Å². The Morgan fingerprint density at radius 3 is 2.80 bits per heavy atom. The number of carbonyl (C=O) groups is 1. The molecule has 2 fully saturated rings. The maximum atomic E-state index is 12.7. The SMILES string of the molecule is O=C(c1ccc2c(c1)CCO2)C1CC2COCC(C1)N2.